The molecule has 2 heteroatoms. The van der Waals surface area contributed by atoms with E-state index in [4.69, 9.17) is 4.42 Å². The zero-order valence-corrected chi connectivity index (χ0v) is 8.04. The van der Waals surface area contributed by atoms with Crippen molar-refractivity contribution in [3.63, 3.8) is 0 Å². The molecule has 0 aliphatic heterocycles. The number of hydrogen-bond acceptors (Lipinski definition) is 1. The zero-order valence-electron chi connectivity index (χ0n) is 8.04. The molecule has 0 radical (unpaired) electrons. The molecule has 1 heterocycles. The van der Waals surface area contributed by atoms with Gasteiger partial charge in [-0.1, -0.05) is 6.42 Å². The van der Waals surface area contributed by atoms with Gasteiger partial charge in [-0.3, -0.25) is 0 Å². The summed E-state index contributed by atoms with van der Waals surface area (Å²) >= 11 is 0. The third-order valence-corrected chi connectivity index (χ3v) is 2.92. The van der Waals surface area contributed by atoms with Crippen LogP contribution in [-0.4, -0.2) is 6.04 Å². The van der Waals surface area contributed by atoms with Crippen molar-refractivity contribution in [2.75, 3.05) is 0 Å². The van der Waals surface area contributed by atoms with Gasteiger partial charge in [-0.2, -0.15) is 0 Å². The van der Waals surface area contributed by atoms with Crippen molar-refractivity contribution in [3.05, 3.63) is 24.2 Å². The number of rotatable bonds is 3. The molecule has 2 nitrogen and oxygen atoms in total. The van der Waals surface area contributed by atoms with E-state index >= 15 is 0 Å². The number of quaternary nitrogens is 1. The number of furan rings is 1. The summed E-state index contributed by atoms with van der Waals surface area (Å²) in [6.45, 7) is 1.08. The van der Waals surface area contributed by atoms with Gasteiger partial charge < -0.3 is 9.73 Å². The molecule has 0 amide bonds. The molecule has 1 fully saturated rings. The SMILES string of the molecule is c1cc(C[NH2+]C2CCCCC2)co1. The predicted octanol–water partition coefficient (Wildman–Crippen LogP) is 1.68. The van der Waals surface area contributed by atoms with Gasteiger partial charge in [0.05, 0.1) is 18.6 Å². The second kappa shape index (κ2) is 4.47. The fourth-order valence-corrected chi connectivity index (χ4v) is 2.08. The minimum atomic E-state index is 0.864. The van der Waals surface area contributed by atoms with E-state index in [1.165, 1.54) is 37.7 Å². The minimum absolute atomic E-state index is 0.864. The predicted molar refractivity (Wildman–Crippen MR) is 51.2 cm³/mol. The van der Waals surface area contributed by atoms with Gasteiger partial charge in [0.2, 0.25) is 0 Å². The summed E-state index contributed by atoms with van der Waals surface area (Å²) in [6, 6.07) is 2.92. The Kier molecular flexibility index (Phi) is 3.03. The van der Waals surface area contributed by atoms with E-state index in [9.17, 15) is 0 Å². The van der Waals surface area contributed by atoms with E-state index in [1.54, 1.807) is 6.26 Å². The van der Waals surface area contributed by atoms with Crippen LogP contribution < -0.4 is 5.32 Å². The maximum atomic E-state index is 5.03. The summed E-state index contributed by atoms with van der Waals surface area (Å²) < 4.78 is 5.03. The van der Waals surface area contributed by atoms with Crippen molar-refractivity contribution in [1.82, 2.24) is 0 Å². The lowest BCUT2D eigenvalue weighted by atomic mass is 9.95. The van der Waals surface area contributed by atoms with E-state index in [2.05, 4.69) is 11.4 Å². The molecule has 0 saturated heterocycles. The molecule has 1 aliphatic rings. The highest BCUT2D eigenvalue weighted by atomic mass is 16.3. The molecule has 1 aromatic heterocycles. The van der Waals surface area contributed by atoms with Gasteiger partial charge in [-0.05, 0) is 31.7 Å². The molecule has 72 valence electrons. The number of hydrogen-bond donors (Lipinski definition) is 1. The smallest absolute Gasteiger partial charge is 0.105 e. The van der Waals surface area contributed by atoms with Gasteiger partial charge in [-0.25, -0.2) is 0 Å². The maximum absolute atomic E-state index is 5.03. The Morgan fingerprint density at radius 2 is 2.15 bits per heavy atom. The van der Waals surface area contributed by atoms with Crippen LogP contribution in [0.15, 0.2) is 23.0 Å². The molecular weight excluding hydrogens is 162 g/mol. The van der Waals surface area contributed by atoms with Crippen LogP contribution in [0, 0.1) is 0 Å². The molecule has 1 saturated carbocycles. The molecule has 13 heavy (non-hydrogen) atoms. The van der Waals surface area contributed by atoms with Gasteiger partial charge in [0.15, 0.2) is 0 Å². The monoisotopic (exact) mass is 180 g/mol. The van der Waals surface area contributed by atoms with Crippen molar-refractivity contribution >= 4 is 0 Å². The van der Waals surface area contributed by atoms with Crippen molar-refractivity contribution in [2.45, 2.75) is 44.7 Å². The normalized spacial score (nSPS) is 19.1. The molecule has 0 bridgehead atoms. The summed E-state index contributed by atoms with van der Waals surface area (Å²) in [5.41, 5.74) is 1.31. The van der Waals surface area contributed by atoms with Crippen LogP contribution in [0.25, 0.3) is 0 Å². The van der Waals surface area contributed by atoms with E-state index in [0.717, 1.165) is 12.6 Å². The first-order valence-corrected chi connectivity index (χ1v) is 5.29. The lowest BCUT2D eigenvalue weighted by Crippen LogP contribution is -2.88. The van der Waals surface area contributed by atoms with Crippen LogP contribution in [0.1, 0.15) is 37.7 Å². The Balaban J connectivity index is 1.72. The van der Waals surface area contributed by atoms with Crippen LogP contribution in [0.4, 0.5) is 0 Å². The standard InChI is InChI=1S/C11H17NO/c1-2-4-11(5-3-1)12-8-10-6-7-13-9-10/h6-7,9,11-12H,1-5,8H2/p+1. The van der Waals surface area contributed by atoms with Gasteiger partial charge in [0, 0.05) is 5.56 Å². The van der Waals surface area contributed by atoms with E-state index in [1.807, 2.05) is 6.26 Å². The highest BCUT2D eigenvalue weighted by Crippen LogP contribution is 2.14. The Bertz CT molecular complexity index is 224. The van der Waals surface area contributed by atoms with Crippen LogP contribution in [0.5, 0.6) is 0 Å². The largest absolute Gasteiger partial charge is 0.472 e. The summed E-state index contributed by atoms with van der Waals surface area (Å²) in [6.07, 6.45) is 10.7. The lowest BCUT2D eigenvalue weighted by molar-refractivity contribution is -0.706. The van der Waals surface area contributed by atoms with Gasteiger partial charge in [-0.15, -0.1) is 0 Å². The van der Waals surface area contributed by atoms with Crippen molar-refractivity contribution < 1.29 is 9.73 Å². The minimum Gasteiger partial charge on any atom is -0.472 e. The Morgan fingerprint density at radius 3 is 2.85 bits per heavy atom. The highest BCUT2D eigenvalue weighted by Gasteiger charge is 2.15. The molecular formula is C11H18NO+. The average Bonchev–Trinajstić information content (AvgIpc) is 2.69. The second-order valence-electron chi connectivity index (χ2n) is 3.97. The first-order chi connectivity index (χ1) is 6.45. The summed E-state index contributed by atoms with van der Waals surface area (Å²) in [7, 11) is 0. The van der Waals surface area contributed by atoms with Gasteiger partial charge in [0.25, 0.3) is 0 Å². The fraction of sp³-hybridized carbons (Fsp3) is 0.636. The van der Waals surface area contributed by atoms with Crippen LogP contribution in [0.3, 0.4) is 0 Å². The van der Waals surface area contributed by atoms with E-state index in [-0.39, 0.29) is 0 Å². The van der Waals surface area contributed by atoms with Crippen molar-refractivity contribution in [1.29, 1.82) is 0 Å². The third kappa shape index (κ3) is 2.59. The van der Waals surface area contributed by atoms with E-state index < -0.39 is 0 Å². The molecule has 2 N–H and O–H groups in total. The second-order valence-corrected chi connectivity index (χ2v) is 3.97. The van der Waals surface area contributed by atoms with Crippen LogP contribution in [-0.2, 0) is 6.54 Å². The summed E-state index contributed by atoms with van der Waals surface area (Å²) in [5.74, 6) is 0. The highest BCUT2D eigenvalue weighted by molar-refractivity contribution is 5.02. The Morgan fingerprint density at radius 1 is 1.31 bits per heavy atom. The molecule has 1 aliphatic carbocycles. The fourth-order valence-electron chi connectivity index (χ4n) is 2.08. The molecule has 1 aromatic rings. The Labute approximate surface area is 79.3 Å². The lowest BCUT2D eigenvalue weighted by Gasteiger charge is -2.19. The molecule has 0 atom stereocenters. The Hall–Kier alpha value is -0.760. The van der Waals surface area contributed by atoms with Crippen molar-refractivity contribution in [3.8, 4) is 0 Å². The molecule has 0 unspecified atom stereocenters. The maximum Gasteiger partial charge on any atom is 0.105 e. The van der Waals surface area contributed by atoms with Crippen molar-refractivity contribution in [2.24, 2.45) is 0 Å². The van der Waals surface area contributed by atoms with E-state index in [0.29, 0.717) is 0 Å². The first kappa shape index (κ1) is 8.82. The summed E-state index contributed by atoms with van der Waals surface area (Å²) in [4.78, 5) is 0. The van der Waals surface area contributed by atoms with Crippen LogP contribution >= 0.6 is 0 Å². The first-order valence-electron chi connectivity index (χ1n) is 5.29. The molecule has 0 aromatic carbocycles. The third-order valence-electron chi connectivity index (χ3n) is 2.92. The van der Waals surface area contributed by atoms with Gasteiger partial charge in [0.1, 0.15) is 6.54 Å². The van der Waals surface area contributed by atoms with Crippen LogP contribution in [0.2, 0.25) is 0 Å². The zero-order chi connectivity index (χ0) is 8.93. The topological polar surface area (TPSA) is 29.8 Å². The average molecular weight is 180 g/mol. The molecule has 0 spiro atoms. The molecule has 2 rings (SSSR count). The summed E-state index contributed by atoms with van der Waals surface area (Å²) in [5, 5.41) is 2.46. The quantitative estimate of drug-likeness (QED) is 0.753. The number of nitrogens with two attached hydrogens (primary N) is 1. The van der Waals surface area contributed by atoms with Gasteiger partial charge >= 0.3 is 0 Å².